The van der Waals surface area contributed by atoms with Crippen molar-refractivity contribution in [2.24, 2.45) is 17.8 Å². The van der Waals surface area contributed by atoms with Gasteiger partial charge in [-0.25, -0.2) is 4.98 Å². The second kappa shape index (κ2) is 10.9. The Morgan fingerprint density at radius 1 is 1.18 bits per heavy atom. The molecule has 0 aromatic carbocycles. The Kier molecular flexibility index (Phi) is 7.91. The molecule has 0 spiro atoms. The Morgan fingerprint density at radius 3 is 2.71 bits per heavy atom. The largest absolute Gasteiger partial charge is 0.377 e. The molecule has 4 atom stereocenters. The minimum absolute atomic E-state index is 0. The summed E-state index contributed by atoms with van der Waals surface area (Å²) < 4.78 is 5.70. The Balaban J connectivity index is 0.00000274. The van der Waals surface area contributed by atoms with Crippen LogP contribution in [0.1, 0.15) is 83.3 Å². The van der Waals surface area contributed by atoms with Crippen molar-refractivity contribution in [2.75, 3.05) is 30.0 Å². The van der Waals surface area contributed by atoms with Crippen LogP contribution in [0.2, 0.25) is 0 Å². The van der Waals surface area contributed by atoms with Gasteiger partial charge in [-0.1, -0.05) is 40.0 Å². The summed E-state index contributed by atoms with van der Waals surface area (Å²) in [6.45, 7) is 6.90. The Labute approximate surface area is 204 Å². The van der Waals surface area contributed by atoms with Crippen LogP contribution in [0.15, 0.2) is 18.3 Å². The molecule has 3 fully saturated rings. The second-order valence-corrected chi connectivity index (χ2v) is 10.5. The van der Waals surface area contributed by atoms with Crippen LogP contribution in [0.25, 0.3) is 0 Å². The highest BCUT2D eigenvalue weighted by atomic mass is 16.5. The third-order valence-electron chi connectivity index (χ3n) is 8.20. The van der Waals surface area contributed by atoms with E-state index in [1.807, 2.05) is 6.07 Å². The van der Waals surface area contributed by atoms with Crippen LogP contribution < -0.4 is 10.2 Å². The van der Waals surface area contributed by atoms with Crippen molar-refractivity contribution in [1.29, 1.82) is 5.41 Å². The Bertz CT molecular complexity index is 941. The van der Waals surface area contributed by atoms with Crippen LogP contribution in [0.5, 0.6) is 0 Å². The fourth-order valence-corrected chi connectivity index (χ4v) is 6.09. The zero-order chi connectivity index (χ0) is 22.8. The predicted octanol–water partition coefficient (Wildman–Crippen LogP) is 6.12. The molecule has 3 N–H and O–H groups in total. The summed E-state index contributed by atoms with van der Waals surface area (Å²) in [5.74, 6) is 5.43. The van der Waals surface area contributed by atoms with E-state index in [1.165, 1.54) is 56.7 Å². The number of H-pyrrole nitrogens is 1. The molecule has 0 radical (unpaired) electrons. The van der Waals surface area contributed by atoms with Gasteiger partial charge in [0.05, 0.1) is 25.5 Å². The van der Waals surface area contributed by atoms with Gasteiger partial charge in [-0.05, 0) is 61.5 Å². The average molecular weight is 467 g/mol. The zero-order valence-corrected chi connectivity index (χ0v) is 20.0. The highest BCUT2D eigenvalue weighted by Gasteiger charge is 2.34. The summed E-state index contributed by atoms with van der Waals surface area (Å²) in [6.07, 6.45) is 12.6. The molecule has 5 rings (SSSR count). The number of nitrogens with zero attached hydrogens (tertiary/aromatic N) is 3. The number of rotatable bonds is 6. The number of pyridine rings is 1. The first kappa shape index (κ1) is 24.7. The van der Waals surface area contributed by atoms with Crippen molar-refractivity contribution >= 4 is 23.7 Å². The molecule has 2 saturated carbocycles. The molecule has 3 aliphatic rings. The third kappa shape index (κ3) is 5.14. The van der Waals surface area contributed by atoms with Gasteiger partial charge >= 0.3 is 0 Å². The third-order valence-corrected chi connectivity index (χ3v) is 8.20. The average Bonchev–Trinajstić information content (AvgIpc) is 3.21. The number of nitrogens with one attached hydrogen (secondary N) is 3. The van der Waals surface area contributed by atoms with E-state index in [9.17, 15) is 0 Å². The molecule has 186 valence electrons. The van der Waals surface area contributed by atoms with Gasteiger partial charge in [0.15, 0.2) is 0 Å². The van der Waals surface area contributed by atoms with Gasteiger partial charge in [0.1, 0.15) is 17.5 Å². The maximum atomic E-state index is 8.35. The van der Waals surface area contributed by atoms with Crippen molar-refractivity contribution in [3.8, 4) is 0 Å². The van der Waals surface area contributed by atoms with Crippen LogP contribution >= 0.6 is 0 Å². The number of hydrogen-bond donors (Lipinski definition) is 3. The molecule has 7 heteroatoms. The zero-order valence-electron chi connectivity index (χ0n) is 20.0. The summed E-state index contributed by atoms with van der Waals surface area (Å²) in [5, 5.41) is 18.8. The summed E-state index contributed by atoms with van der Waals surface area (Å²) in [4.78, 5) is 7.40. The molecule has 1 aliphatic heterocycles. The van der Waals surface area contributed by atoms with Crippen LogP contribution in [-0.4, -0.2) is 47.2 Å². The maximum absolute atomic E-state index is 8.35. The molecule has 2 aliphatic carbocycles. The predicted molar refractivity (Wildman–Crippen MR) is 140 cm³/mol. The monoisotopic (exact) mass is 466 g/mol. The summed E-state index contributed by atoms with van der Waals surface area (Å²) in [6, 6.07) is 4.47. The molecular formula is C27H42N6O. The highest BCUT2D eigenvalue weighted by Crippen LogP contribution is 2.47. The highest BCUT2D eigenvalue weighted by molar-refractivity contribution is 5.88. The van der Waals surface area contributed by atoms with E-state index in [2.05, 4.69) is 40.3 Å². The molecule has 3 heterocycles. The van der Waals surface area contributed by atoms with Crippen molar-refractivity contribution in [2.45, 2.75) is 78.2 Å². The number of aromatic amines is 1. The van der Waals surface area contributed by atoms with E-state index in [0.717, 1.165) is 54.6 Å². The first-order valence-electron chi connectivity index (χ1n) is 12.8. The topological polar surface area (TPSA) is 89.9 Å². The second-order valence-electron chi connectivity index (χ2n) is 10.5. The molecule has 0 amide bonds. The summed E-state index contributed by atoms with van der Waals surface area (Å²) in [7, 11) is 0. The minimum atomic E-state index is 0. The van der Waals surface area contributed by atoms with Gasteiger partial charge < -0.3 is 20.4 Å². The number of morpholine rings is 1. The van der Waals surface area contributed by atoms with E-state index < -0.39 is 0 Å². The van der Waals surface area contributed by atoms with E-state index in [1.54, 1.807) is 6.20 Å². The first-order chi connectivity index (χ1) is 16.1. The number of hydrogen-bond acceptors (Lipinski definition) is 6. The SMILES string of the molecule is C.CC1COCCN1c1cc([C@@H]2CC(C3CCC3)CC[C@H](C)C2)c(C=N)c(Nc2ccn[nH]2)n1. The smallest absolute Gasteiger partial charge is 0.143 e. The van der Waals surface area contributed by atoms with Gasteiger partial charge in [0, 0.05) is 24.4 Å². The lowest BCUT2D eigenvalue weighted by atomic mass is 9.71. The van der Waals surface area contributed by atoms with Crippen molar-refractivity contribution in [1.82, 2.24) is 15.2 Å². The van der Waals surface area contributed by atoms with Gasteiger partial charge in [-0.15, -0.1) is 0 Å². The summed E-state index contributed by atoms with van der Waals surface area (Å²) in [5.41, 5.74) is 2.20. The van der Waals surface area contributed by atoms with Crippen molar-refractivity contribution in [3.05, 3.63) is 29.5 Å². The number of ether oxygens (including phenoxy) is 1. The quantitative estimate of drug-likeness (QED) is 0.353. The van der Waals surface area contributed by atoms with Crippen LogP contribution in [0, 0.1) is 23.2 Å². The maximum Gasteiger partial charge on any atom is 0.143 e. The first-order valence-corrected chi connectivity index (χ1v) is 12.8. The van der Waals surface area contributed by atoms with E-state index in [4.69, 9.17) is 15.1 Å². The number of anilines is 3. The molecule has 2 unspecified atom stereocenters. The standard InChI is InChI=1S/C26H38N6O.CH4/c1-17-6-7-20(19-4-3-5-19)13-21(12-17)22-14-25(32-10-11-33-16-18(32)2)30-26(23(22)15-27)29-24-8-9-28-31-24;/h8-9,14-15,17-21,27H,3-7,10-13,16H2,1-2H3,(H2,28,29,30,31);1H4/t17-,18?,20?,21-;/m0./s1. The van der Waals surface area contributed by atoms with E-state index in [-0.39, 0.29) is 13.5 Å². The lowest BCUT2D eigenvalue weighted by molar-refractivity contribution is 0.0985. The molecule has 1 saturated heterocycles. The fourth-order valence-electron chi connectivity index (χ4n) is 6.09. The fraction of sp³-hybridized carbons (Fsp3) is 0.667. The minimum Gasteiger partial charge on any atom is -0.377 e. The Hall–Kier alpha value is -2.41. The summed E-state index contributed by atoms with van der Waals surface area (Å²) >= 11 is 0. The Morgan fingerprint density at radius 2 is 2.03 bits per heavy atom. The van der Waals surface area contributed by atoms with E-state index >= 15 is 0 Å². The van der Waals surface area contributed by atoms with Crippen LogP contribution in [0.3, 0.4) is 0 Å². The van der Waals surface area contributed by atoms with Crippen molar-refractivity contribution in [3.63, 3.8) is 0 Å². The van der Waals surface area contributed by atoms with Crippen molar-refractivity contribution < 1.29 is 4.74 Å². The van der Waals surface area contributed by atoms with Crippen LogP contribution in [0.4, 0.5) is 17.5 Å². The molecule has 2 aromatic rings. The molecule has 34 heavy (non-hydrogen) atoms. The molecule has 0 bridgehead atoms. The lowest BCUT2D eigenvalue weighted by Crippen LogP contribution is -2.44. The van der Waals surface area contributed by atoms with Gasteiger partial charge in [-0.3, -0.25) is 5.10 Å². The molecule has 7 nitrogen and oxygen atoms in total. The molecular weight excluding hydrogens is 424 g/mol. The van der Waals surface area contributed by atoms with E-state index in [0.29, 0.717) is 11.8 Å². The lowest BCUT2D eigenvalue weighted by Gasteiger charge is -2.36. The molecule has 2 aromatic heterocycles. The van der Waals surface area contributed by atoms with Gasteiger partial charge in [0.25, 0.3) is 0 Å². The van der Waals surface area contributed by atoms with Crippen LogP contribution in [-0.2, 0) is 4.74 Å². The normalized spacial score (nSPS) is 27.9. The van der Waals surface area contributed by atoms with Gasteiger partial charge in [-0.2, -0.15) is 5.10 Å². The van der Waals surface area contributed by atoms with Gasteiger partial charge in [0.2, 0.25) is 0 Å². The number of aromatic nitrogens is 3.